The Bertz CT molecular complexity index is 994. The predicted molar refractivity (Wildman–Crippen MR) is 100 cm³/mol. The van der Waals surface area contributed by atoms with E-state index in [4.69, 9.17) is 33.0 Å². The molecule has 0 spiro atoms. The van der Waals surface area contributed by atoms with Crippen LogP contribution in [0, 0.1) is 0 Å². The predicted octanol–water partition coefficient (Wildman–Crippen LogP) is 2.62. The number of sulfonamides is 1. The van der Waals surface area contributed by atoms with Crippen molar-refractivity contribution in [3.8, 4) is 5.75 Å². The third-order valence-corrected chi connectivity index (χ3v) is 5.26. The van der Waals surface area contributed by atoms with Gasteiger partial charge in [-0.15, -0.1) is 0 Å². The molecular formula is C16H14Cl2N2O6S. The summed E-state index contributed by atoms with van der Waals surface area (Å²) in [5.41, 5.74) is 0.232. The maximum absolute atomic E-state index is 12.5. The molecule has 3 N–H and O–H groups in total. The van der Waals surface area contributed by atoms with E-state index in [1.165, 1.54) is 37.4 Å². The third-order valence-electron chi connectivity index (χ3n) is 3.26. The standard InChI is InChI=1S/C16H14Cl2N2O6S/c1-19-16(23)11-6-9(2-4-12(11)17)20-27(24,25)10-3-5-14(13(18)7-10)26-8-15(21)22/h2-7,20H,8H2,1H3,(H,19,23)(H,21,22). The molecule has 2 aromatic carbocycles. The maximum Gasteiger partial charge on any atom is 0.341 e. The van der Waals surface area contributed by atoms with Gasteiger partial charge in [-0.05, 0) is 36.4 Å². The SMILES string of the molecule is CNC(=O)c1cc(NS(=O)(=O)c2ccc(OCC(=O)O)c(Cl)c2)ccc1Cl. The van der Waals surface area contributed by atoms with Crippen molar-refractivity contribution in [3.05, 3.63) is 52.0 Å². The van der Waals surface area contributed by atoms with E-state index in [0.29, 0.717) is 0 Å². The zero-order chi connectivity index (χ0) is 20.2. The summed E-state index contributed by atoms with van der Waals surface area (Å²) >= 11 is 11.9. The highest BCUT2D eigenvalue weighted by atomic mass is 35.5. The number of amides is 1. The molecule has 0 saturated carbocycles. The molecule has 27 heavy (non-hydrogen) atoms. The van der Waals surface area contributed by atoms with Gasteiger partial charge in [0.1, 0.15) is 5.75 Å². The molecule has 2 rings (SSSR count). The first kappa shape index (κ1) is 20.8. The van der Waals surface area contributed by atoms with Crippen molar-refractivity contribution < 1.29 is 27.9 Å². The van der Waals surface area contributed by atoms with Gasteiger partial charge in [0.15, 0.2) is 6.61 Å². The number of carboxylic acids is 1. The summed E-state index contributed by atoms with van der Waals surface area (Å²) in [6, 6.07) is 7.66. The molecule has 2 aromatic rings. The fourth-order valence-electron chi connectivity index (χ4n) is 2.02. The molecule has 0 atom stereocenters. The Balaban J connectivity index is 2.28. The highest BCUT2D eigenvalue weighted by Gasteiger charge is 2.18. The third kappa shape index (κ3) is 5.25. The molecule has 0 bridgehead atoms. The first-order valence-corrected chi connectivity index (χ1v) is 9.56. The van der Waals surface area contributed by atoms with Crippen LogP contribution in [0.1, 0.15) is 10.4 Å². The maximum atomic E-state index is 12.5. The lowest BCUT2D eigenvalue weighted by atomic mass is 10.2. The summed E-state index contributed by atoms with van der Waals surface area (Å²) in [7, 11) is -2.60. The summed E-state index contributed by atoms with van der Waals surface area (Å²) in [5.74, 6) is -1.63. The van der Waals surface area contributed by atoms with E-state index in [-0.39, 0.29) is 31.9 Å². The van der Waals surface area contributed by atoms with Crippen LogP contribution < -0.4 is 14.8 Å². The van der Waals surface area contributed by atoms with Gasteiger partial charge in [0, 0.05) is 12.7 Å². The van der Waals surface area contributed by atoms with E-state index in [1.54, 1.807) is 0 Å². The zero-order valence-corrected chi connectivity index (χ0v) is 16.2. The lowest BCUT2D eigenvalue weighted by Gasteiger charge is -2.12. The van der Waals surface area contributed by atoms with E-state index in [0.717, 1.165) is 6.07 Å². The van der Waals surface area contributed by atoms with Crippen LogP contribution in [0.2, 0.25) is 10.0 Å². The Hall–Kier alpha value is -2.49. The molecule has 11 heteroatoms. The number of carbonyl (C=O) groups is 2. The van der Waals surface area contributed by atoms with Crippen molar-refractivity contribution in [1.82, 2.24) is 5.32 Å². The van der Waals surface area contributed by atoms with Crippen molar-refractivity contribution in [2.45, 2.75) is 4.90 Å². The molecule has 144 valence electrons. The highest BCUT2D eigenvalue weighted by Crippen LogP contribution is 2.29. The van der Waals surface area contributed by atoms with E-state index < -0.39 is 28.5 Å². The Morgan fingerprint density at radius 1 is 1.11 bits per heavy atom. The fourth-order valence-corrected chi connectivity index (χ4v) is 3.60. The summed E-state index contributed by atoms with van der Waals surface area (Å²) in [6.45, 7) is -0.614. The van der Waals surface area contributed by atoms with Crippen LogP contribution >= 0.6 is 23.2 Å². The van der Waals surface area contributed by atoms with Gasteiger partial charge in [0.05, 0.1) is 20.5 Å². The molecule has 0 saturated heterocycles. The number of hydrogen-bond acceptors (Lipinski definition) is 5. The number of hydrogen-bond donors (Lipinski definition) is 3. The van der Waals surface area contributed by atoms with Crippen molar-refractivity contribution in [3.63, 3.8) is 0 Å². The average Bonchev–Trinajstić information content (AvgIpc) is 2.61. The molecule has 0 fully saturated rings. The minimum Gasteiger partial charge on any atom is -0.480 e. The quantitative estimate of drug-likeness (QED) is 0.617. The lowest BCUT2D eigenvalue weighted by molar-refractivity contribution is -0.139. The molecule has 0 heterocycles. The minimum absolute atomic E-state index is 0.0337. The van der Waals surface area contributed by atoms with Gasteiger partial charge in [0.25, 0.3) is 15.9 Å². The topological polar surface area (TPSA) is 122 Å². The van der Waals surface area contributed by atoms with Gasteiger partial charge in [-0.2, -0.15) is 0 Å². The molecule has 0 aromatic heterocycles. The van der Waals surface area contributed by atoms with Gasteiger partial charge in [-0.3, -0.25) is 9.52 Å². The Morgan fingerprint density at radius 2 is 1.81 bits per heavy atom. The second-order valence-corrected chi connectivity index (χ2v) is 7.65. The van der Waals surface area contributed by atoms with Crippen molar-refractivity contribution >= 4 is 50.8 Å². The molecule has 1 amide bonds. The smallest absolute Gasteiger partial charge is 0.341 e. The Labute approximate surface area is 165 Å². The van der Waals surface area contributed by atoms with Crippen molar-refractivity contribution in [1.29, 1.82) is 0 Å². The molecular weight excluding hydrogens is 419 g/mol. The van der Waals surface area contributed by atoms with Gasteiger partial charge < -0.3 is 15.2 Å². The van der Waals surface area contributed by atoms with Crippen LogP contribution in [0.5, 0.6) is 5.75 Å². The normalized spacial score (nSPS) is 10.9. The van der Waals surface area contributed by atoms with Gasteiger partial charge in [0.2, 0.25) is 0 Å². The van der Waals surface area contributed by atoms with E-state index >= 15 is 0 Å². The molecule has 8 nitrogen and oxygen atoms in total. The molecule has 0 aliphatic carbocycles. The number of halogens is 2. The van der Waals surface area contributed by atoms with Gasteiger partial charge >= 0.3 is 5.97 Å². The first-order valence-electron chi connectivity index (χ1n) is 7.32. The molecule has 0 aliphatic rings. The van der Waals surface area contributed by atoms with Crippen molar-refractivity contribution in [2.24, 2.45) is 0 Å². The van der Waals surface area contributed by atoms with E-state index in [1.807, 2.05) is 0 Å². The van der Waals surface area contributed by atoms with Crippen LogP contribution in [0.25, 0.3) is 0 Å². The monoisotopic (exact) mass is 432 g/mol. The number of aliphatic carboxylic acids is 1. The average molecular weight is 433 g/mol. The van der Waals surface area contributed by atoms with Gasteiger partial charge in [-0.1, -0.05) is 23.2 Å². The lowest BCUT2D eigenvalue weighted by Crippen LogP contribution is -2.19. The number of rotatable bonds is 7. The first-order chi connectivity index (χ1) is 12.6. The highest BCUT2D eigenvalue weighted by molar-refractivity contribution is 7.92. The van der Waals surface area contributed by atoms with Crippen LogP contribution in [0.3, 0.4) is 0 Å². The molecule has 0 unspecified atom stereocenters. The molecule has 0 radical (unpaired) electrons. The Kier molecular flexibility index (Phi) is 6.53. The fraction of sp³-hybridized carbons (Fsp3) is 0.125. The number of ether oxygens (including phenoxy) is 1. The second kappa shape index (κ2) is 8.47. The number of carbonyl (C=O) groups excluding carboxylic acids is 1. The van der Waals surface area contributed by atoms with E-state index in [9.17, 15) is 18.0 Å². The number of carboxylic acid groups (broad SMARTS) is 1. The Morgan fingerprint density at radius 3 is 2.41 bits per heavy atom. The summed E-state index contributed by atoms with van der Waals surface area (Å²) in [6.07, 6.45) is 0. The summed E-state index contributed by atoms with van der Waals surface area (Å²) in [4.78, 5) is 22.1. The van der Waals surface area contributed by atoms with Crippen LogP contribution in [-0.4, -0.2) is 39.1 Å². The summed E-state index contributed by atoms with van der Waals surface area (Å²) in [5, 5.41) is 11.1. The van der Waals surface area contributed by atoms with Gasteiger partial charge in [-0.25, -0.2) is 13.2 Å². The largest absolute Gasteiger partial charge is 0.480 e. The second-order valence-electron chi connectivity index (χ2n) is 5.15. The van der Waals surface area contributed by atoms with Crippen LogP contribution in [0.4, 0.5) is 5.69 Å². The molecule has 0 aliphatic heterocycles. The number of anilines is 1. The minimum atomic E-state index is -4.03. The van der Waals surface area contributed by atoms with Crippen LogP contribution in [-0.2, 0) is 14.8 Å². The van der Waals surface area contributed by atoms with Crippen LogP contribution in [0.15, 0.2) is 41.3 Å². The number of nitrogens with one attached hydrogen (secondary N) is 2. The number of benzene rings is 2. The summed E-state index contributed by atoms with van der Waals surface area (Å²) < 4.78 is 32.3. The van der Waals surface area contributed by atoms with Crippen molar-refractivity contribution in [2.75, 3.05) is 18.4 Å². The van der Waals surface area contributed by atoms with E-state index in [2.05, 4.69) is 10.0 Å². The zero-order valence-electron chi connectivity index (χ0n) is 13.8.